The molecule has 1 fully saturated rings. The van der Waals surface area contributed by atoms with E-state index < -0.39 is 0 Å². The summed E-state index contributed by atoms with van der Waals surface area (Å²) in [5.41, 5.74) is 2.49. The molecule has 3 aromatic rings. The molecule has 2 aromatic heterocycles. The van der Waals surface area contributed by atoms with E-state index in [1.807, 2.05) is 24.3 Å². The van der Waals surface area contributed by atoms with E-state index in [9.17, 15) is 0 Å². The monoisotopic (exact) mass is 315 g/mol. The number of nitrogens with one attached hydrogen (secondary N) is 1. The highest BCUT2D eigenvalue weighted by Crippen LogP contribution is 2.32. The standard InChI is InChI=1S/C15H14ClN5O/c16-11-3-1-2-10(8-11)13-12-14(20-19-13)17-9-18-15(12)21-4-6-22-7-5-21/h1-3,8-9H,4-7H2,(H,17,18,19,20). The lowest BCUT2D eigenvalue weighted by Gasteiger charge is -2.28. The highest BCUT2D eigenvalue weighted by molar-refractivity contribution is 6.30. The lowest BCUT2D eigenvalue weighted by Crippen LogP contribution is -2.36. The summed E-state index contributed by atoms with van der Waals surface area (Å²) < 4.78 is 5.42. The molecule has 1 aliphatic rings. The predicted octanol–water partition coefficient (Wildman–Crippen LogP) is 2.51. The fourth-order valence-electron chi connectivity index (χ4n) is 2.70. The summed E-state index contributed by atoms with van der Waals surface area (Å²) in [5, 5.41) is 9.00. The number of aromatic amines is 1. The highest BCUT2D eigenvalue weighted by Gasteiger charge is 2.20. The van der Waals surface area contributed by atoms with Gasteiger partial charge in [0.05, 0.1) is 18.6 Å². The second kappa shape index (κ2) is 5.55. The normalized spacial score (nSPS) is 15.4. The van der Waals surface area contributed by atoms with Crippen LogP contribution in [-0.2, 0) is 4.74 Å². The van der Waals surface area contributed by atoms with Crippen LogP contribution < -0.4 is 4.90 Å². The van der Waals surface area contributed by atoms with Crippen LogP contribution in [0.4, 0.5) is 5.82 Å². The molecule has 112 valence electrons. The largest absolute Gasteiger partial charge is 0.378 e. The van der Waals surface area contributed by atoms with Crippen molar-refractivity contribution in [2.24, 2.45) is 0 Å². The molecule has 0 amide bonds. The third-order valence-electron chi connectivity index (χ3n) is 3.75. The molecule has 3 heterocycles. The third-order valence-corrected chi connectivity index (χ3v) is 3.98. The smallest absolute Gasteiger partial charge is 0.161 e. The van der Waals surface area contributed by atoms with E-state index in [-0.39, 0.29) is 0 Å². The van der Waals surface area contributed by atoms with Gasteiger partial charge in [-0.15, -0.1) is 0 Å². The summed E-state index contributed by atoms with van der Waals surface area (Å²) in [6.45, 7) is 3.03. The summed E-state index contributed by atoms with van der Waals surface area (Å²) in [5.74, 6) is 0.886. The first-order chi connectivity index (χ1) is 10.8. The quantitative estimate of drug-likeness (QED) is 0.787. The summed E-state index contributed by atoms with van der Waals surface area (Å²) in [4.78, 5) is 11.0. The predicted molar refractivity (Wildman–Crippen MR) is 85.2 cm³/mol. The van der Waals surface area contributed by atoms with E-state index in [0.29, 0.717) is 18.2 Å². The van der Waals surface area contributed by atoms with Crippen LogP contribution in [0.25, 0.3) is 22.3 Å². The highest BCUT2D eigenvalue weighted by atomic mass is 35.5. The number of morpholine rings is 1. The SMILES string of the molecule is Clc1cccc(-c2n[nH]c3ncnc(N4CCOCC4)c23)c1. The summed E-state index contributed by atoms with van der Waals surface area (Å²) in [6.07, 6.45) is 1.56. The van der Waals surface area contributed by atoms with Crippen molar-refractivity contribution in [3.8, 4) is 11.3 Å². The Morgan fingerprint density at radius 2 is 2.05 bits per heavy atom. The summed E-state index contributed by atoms with van der Waals surface area (Å²) in [6, 6.07) is 7.64. The molecule has 1 N–H and O–H groups in total. The molecule has 0 aliphatic carbocycles. The Morgan fingerprint density at radius 1 is 1.18 bits per heavy atom. The minimum absolute atomic E-state index is 0.679. The molecule has 6 nitrogen and oxygen atoms in total. The summed E-state index contributed by atoms with van der Waals surface area (Å²) in [7, 11) is 0. The first-order valence-corrected chi connectivity index (χ1v) is 7.48. The van der Waals surface area contributed by atoms with Crippen LogP contribution in [0.5, 0.6) is 0 Å². The number of ether oxygens (including phenoxy) is 1. The zero-order chi connectivity index (χ0) is 14.9. The van der Waals surface area contributed by atoms with Crippen molar-refractivity contribution in [3.63, 3.8) is 0 Å². The Balaban J connectivity index is 1.89. The van der Waals surface area contributed by atoms with E-state index in [2.05, 4.69) is 25.1 Å². The van der Waals surface area contributed by atoms with Gasteiger partial charge in [0.1, 0.15) is 17.8 Å². The Kier molecular flexibility index (Phi) is 3.40. The van der Waals surface area contributed by atoms with Crippen LogP contribution in [0.15, 0.2) is 30.6 Å². The van der Waals surface area contributed by atoms with Crippen molar-refractivity contribution in [3.05, 3.63) is 35.6 Å². The van der Waals surface area contributed by atoms with Gasteiger partial charge < -0.3 is 9.64 Å². The van der Waals surface area contributed by atoms with Crippen LogP contribution >= 0.6 is 11.6 Å². The van der Waals surface area contributed by atoms with Gasteiger partial charge in [-0.2, -0.15) is 5.10 Å². The molecule has 4 rings (SSSR count). The van der Waals surface area contributed by atoms with Crippen LogP contribution in [0.3, 0.4) is 0 Å². The minimum Gasteiger partial charge on any atom is -0.378 e. The number of nitrogens with zero attached hydrogens (tertiary/aromatic N) is 4. The number of halogens is 1. The van der Waals surface area contributed by atoms with Gasteiger partial charge in [0.25, 0.3) is 0 Å². The van der Waals surface area contributed by atoms with E-state index in [0.717, 1.165) is 41.2 Å². The van der Waals surface area contributed by atoms with Crippen molar-refractivity contribution in [1.82, 2.24) is 20.2 Å². The van der Waals surface area contributed by atoms with Crippen LogP contribution in [-0.4, -0.2) is 46.5 Å². The lowest BCUT2D eigenvalue weighted by atomic mass is 10.1. The molecule has 1 aliphatic heterocycles. The topological polar surface area (TPSA) is 66.9 Å². The van der Waals surface area contributed by atoms with Crippen molar-refractivity contribution in [2.45, 2.75) is 0 Å². The number of H-pyrrole nitrogens is 1. The van der Waals surface area contributed by atoms with Gasteiger partial charge in [-0.25, -0.2) is 9.97 Å². The molecular weight excluding hydrogens is 302 g/mol. The fraction of sp³-hybridized carbons (Fsp3) is 0.267. The Labute approximate surface area is 132 Å². The number of anilines is 1. The van der Waals surface area contributed by atoms with E-state index in [1.165, 1.54) is 0 Å². The minimum atomic E-state index is 0.679. The van der Waals surface area contributed by atoms with Crippen LogP contribution in [0.1, 0.15) is 0 Å². The number of fused-ring (bicyclic) bond motifs is 1. The molecule has 0 atom stereocenters. The molecule has 1 aromatic carbocycles. The first kappa shape index (κ1) is 13.5. The van der Waals surface area contributed by atoms with Gasteiger partial charge in [0, 0.05) is 23.7 Å². The second-order valence-corrected chi connectivity index (χ2v) is 5.54. The number of benzene rings is 1. The molecule has 0 spiro atoms. The Bertz CT molecular complexity index is 813. The maximum absolute atomic E-state index is 6.11. The molecule has 0 radical (unpaired) electrons. The maximum atomic E-state index is 6.11. The second-order valence-electron chi connectivity index (χ2n) is 5.10. The van der Waals surface area contributed by atoms with Gasteiger partial charge in [0.15, 0.2) is 5.65 Å². The van der Waals surface area contributed by atoms with Crippen molar-refractivity contribution >= 4 is 28.5 Å². The van der Waals surface area contributed by atoms with Gasteiger partial charge in [-0.3, -0.25) is 5.10 Å². The van der Waals surface area contributed by atoms with Gasteiger partial charge in [0.2, 0.25) is 0 Å². The molecule has 1 saturated heterocycles. The number of rotatable bonds is 2. The van der Waals surface area contributed by atoms with Gasteiger partial charge >= 0.3 is 0 Å². The fourth-order valence-corrected chi connectivity index (χ4v) is 2.89. The van der Waals surface area contributed by atoms with Crippen molar-refractivity contribution in [2.75, 3.05) is 31.2 Å². The average Bonchev–Trinajstić information content (AvgIpc) is 3.00. The molecule has 7 heteroatoms. The molecule has 22 heavy (non-hydrogen) atoms. The number of aromatic nitrogens is 4. The average molecular weight is 316 g/mol. The van der Waals surface area contributed by atoms with E-state index in [1.54, 1.807) is 6.33 Å². The number of hydrogen-bond acceptors (Lipinski definition) is 5. The molecular formula is C15H14ClN5O. The summed E-state index contributed by atoms with van der Waals surface area (Å²) >= 11 is 6.11. The molecule has 0 bridgehead atoms. The third kappa shape index (κ3) is 2.30. The Hall–Kier alpha value is -2.18. The zero-order valence-corrected chi connectivity index (χ0v) is 12.5. The van der Waals surface area contributed by atoms with E-state index >= 15 is 0 Å². The molecule has 0 saturated carbocycles. The van der Waals surface area contributed by atoms with Crippen molar-refractivity contribution < 1.29 is 4.74 Å². The van der Waals surface area contributed by atoms with Gasteiger partial charge in [-0.05, 0) is 12.1 Å². The van der Waals surface area contributed by atoms with Gasteiger partial charge in [-0.1, -0.05) is 23.7 Å². The first-order valence-electron chi connectivity index (χ1n) is 7.10. The lowest BCUT2D eigenvalue weighted by molar-refractivity contribution is 0.122. The van der Waals surface area contributed by atoms with Crippen LogP contribution in [0.2, 0.25) is 5.02 Å². The van der Waals surface area contributed by atoms with Crippen LogP contribution in [0, 0.1) is 0 Å². The zero-order valence-electron chi connectivity index (χ0n) is 11.8. The van der Waals surface area contributed by atoms with E-state index in [4.69, 9.17) is 16.3 Å². The maximum Gasteiger partial charge on any atom is 0.161 e. The molecule has 0 unspecified atom stereocenters. The number of hydrogen-bond donors (Lipinski definition) is 1. The Morgan fingerprint density at radius 3 is 2.86 bits per heavy atom. The van der Waals surface area contributed by atoms with Crippen molar-refractivity contribution in [1.29, 1.82) is 0 Å².